The highest BCUT2D eigenvalue weighted by molar-refractivity contribution is 5.69. The molecule has 3 nitrogen and oxygen atoms in total. The molecule has 130 valence electrons. The molecule has 0 atom stereocenters. The average Bonchev–Trinajstić information content (AvgIpc) is 2.63. The Bertz CT molecular complexity index is 612. The second-order valence-electron chi connectivity index (χ2n) is 7.14. The van der Waals surface area contributed by atoms with Gasteiger partial charge in [0.1, 0.15) is 5.75 Å². The zero-order valence-electron chi connectivity index (χ0n) is 14.7. The molecule has 0 spiro atoms. The van der Waals surface area contributed by atoms with E-state index in [9.17, 15) is 5.11 Å². The molecule has 0 bridgehead atoms. The minimum atomic E-state index is -0.477. The van der Waals surface area contributed by atoms with Crippen LogP contribution in [0, 0.1) is 0 Å². The third kappa shape index (κ3) is 4.49. The molecular weight excluding hydrogens is 298 g/mol. The van der Waals surface area contributed by atoms with E-state index in [1.807, 2.05) is 12.1 Å². The van der Waals surface area contributed by atoms with Gasteiger partial charge in [0.2, 0.25) is 0 Å². The number of hydrogen-bond donors (Lipinski definition) is 2. The Kier molecular flexibility index (Phi) is 5.75. The van der Waals surface area contributed by atoms with Crippen LogP contribution < -0.4 is 10.1 Å². The van der Waals surface area contributed by atoms with Crippen LogP contribution in [0.1, 0.15) is 50.5 Å². The lowest BCUT2D eigenvalue weighted by Gasteiger charge is -2.32. The SMILES string of the molecule is COc1cccc(C2=CC=C(CNCC3(O)CCCCC3)CC2)c1. The molecule has 24 heavy (non-hydrogen) atoms. The summed E-state index contributed by atoms with van der Waals surface area (Å²) < 4.78 is 5.31. The van der Waals surface area contributed by atoms with Crippen LogP contribution in [0.3, 0.4) is 0 Å². The molecule has 2 N–H and O–H groups in total. The Morgan fingerprint density at radius 3 is 2.67 bits per heavy atom. The highest BCUT2D eigenvalue weighted by atomic mass is 16.5. The first-order valence-electron chi connectivity index (χ1n) is 9.15. The lowest BCUT2D eigenvalue weighted by Crippen LogP contribution is -2.42. The van der Waals surface area contributed by atoms with E-state index in [0.29, 0.717) is 0 Å². The van der Waals surface area contributed by atoms with Gasteiger partial charge in [0, 0.05) is 13.1 Å². The summed E-state index contributed by atoms with van der Waals surface area (Å²) in [6.07, 6.45) is 12.1. The van der Waals surface area contributed by atoms with Gasteiger partial charge in [-0.3, -0.25) is 0 Å². The van der Waals surface area contributed by atoms with Crippen LogP contribution in [0.4, 0.5) is 0 Å². The Morgan fingerprint density at radius 2 is 1.96 bits per heavy atom. The molecule has 0 unspecified atom stereocenters. The smallest absolute Gasteiger partial charge is 0.119 e. The molecule has 0 aromatic heterocycles. The van der Waals surface area contributed by atoms with Gasteiger partial charge in [-0.05, 0) is 49.0 Å². The normalized spacial score (nSPS) is 20.2. The van der Waals surface area contributed by atoms with Crippen molar-refractivity contribution in [1.29, 1.82) is 0 Å². The Labute approximate surface area is 145 Å². The number of rotatable bonds is 6. The van der Waals surface area contributed by atoms with E-state index in [2.05, 4.69) is 29.6 Å². The maximum atomic E-state index is 10.5. The largest absolute Gasteiger partial charge is 0.497 e. The third-order valence-electron chi connectivity index (χ3n) is 5.27. The van der Waals surface area contributed by atoms with Crippen LogP contribution in [0.15, 0.2) is 42.0 Å². The van der Waals surface area contributed by atoms with Crippen molar-refractivity contribution in [3.8, 4) is 5.75 Å². The Balaban J connectivity index is 1.53. The molecule has 1 aromatic carbocycles. The molecule has 0 saturated heterocycles. The molecule has 2 aliphatic carbocycles. The molecule has 0 amide bonds. The molecule has 1 fully saturated rings. The van der Waals surface area contributed by atoms with Gasteiger partial charge in [-0.25, -0.2) is 0 Å². The lowest BCUT2D eigenvalue weighted by atomic mass is 9.85. The molecule has 1 aromatic rings. The van der Waals surface area contributed by atoms with E-state index in [4.69, 9.17) is 4.74 Å². The predicted octanol–water partition coefficient (Wildman–Crippen LogP) is 4.08. The summed E-state index contributed by atoms with van der Waals surface area (Å²) in [6, 6.07) is 8.26. The predicted molar refractivity (Wildman–Crippen MR) is 99.2 cm³/mol. The summed E-state index contributed by atoms with van der Waals surface area (Å²) in [5, 5.41) is 14.0. The second-order valence-corrected chi connectivity index (χ2v) is 7.14. The fraction of sp³-hybridized carbons (Fsp3) is 0.524. The van der Waals surface area contributed by atoms with Crippen molar-refractivity contribution < 1.29 is 9.84 Å². The number of methoxy groups -OCH3 is 1. The minimum absolute atomic E-state index is 0.477. The van der Waals surface area contributed by atoms with Gasteiger partial charge < -0.3 is 15.2 Å². The maximum Gasteiger partial charge on any atom is 0.119 e. The highest BCUT2D eigenvalue weighted by Crippen LogP contribution is 2.29. The zero-order chi connectivity index (χ0) is 16.8. The van der Waals surface area contributed by atoms with Gasteiger partial charge in [0.25, 0.3) is 0 Å². The van der Waals surface area contributed by atoms with E-state index in [0.717, 1.165) is 57.4 Å². The van der Waals surface area contributed by atoms with Crippen molar-refractivity contribution in [3.63, 3.8) is 0 Å². The first-order chi connectivity index (χ1) is 11.7. The van der Waals surface area contributed by atoms with Crippen molar-refractivity contribution in [2.45, 2.75) is 50.5 Å². The van der Waals surface area contributed by atoms with Crippen molar-refractivity contribution in [3.05, 3.63) is 47.6 Å². The standard InChI is InChI=1S/C21H29NO2/c1-24-20-7-5-6-19(14-20)18-10-8-17(9-11-18)15-22-16-21(23)12-3-2-4-13-21/h5-8,10,14,22-23H,2-4,9,11-13,15-16H2,1H3. The molecule has 3 heteroatoms. The van der Waals surface area contributed by atoms with Gasteiger partial charge in [0.05, 0.1) is 12.7 Å². The van der Waals surface area contributed by atoms with Crippen LogP contribution in [0.25, 0.3) is 5.57 Å². The summed E-state index contributed by atoms with van der Waals surface area (Å²) in [4.78, 5) is 0. The Morgan fingerprint density at radius 1 is 1.12 bits per heavy atom. The fourth-order valence-corrected chi connectivity index (χ4v) is 3.73. The van der Waals surface area contributed by atoms with Crippen LogP contribution in [0.5, 0.6) is 5.75 Å². The van der Waals surface area contributed by atoms with Crippen molar-refractivity contribution in [2.75, 3.05) is 20.2 Å². The highest BCUT2D eigenvalue weighted by Gasteiger charge is 2.28. The number of aliphatic hydroxyl groups is 1. The van der Waals surface area contributed by atoms with Crippen molar-refractivity contribution in [2.24, 2.45) is 0 Å². The van der Waals surface area contributed by atoms with Crippen LogP contribution >= 0.6 is 0 Å². The summed E-state index contributed by atoms with van der Waals surface area (Å²) in [6.45, 7) is 1.60. The molecule has 1 saturated carbocycles. The topological polar surface area (TPSA) is 41.5 Å². The van der Waals surface area contributed by atoms with E-state index in [1.54, 1.807) is 7.11 Å². The fourth-order valence-electron chi connectivity index (χ4n) is 3.73. The van der Waals surface area contributed by atoms with Crippen molar-refractivity contribution in [1.82, 2.24) is 5.32 Å². The summed E-state index contributed by atoms with van der Waals surface area (Å²) >= 11 is 0. The number of nitrogens with one attached hydrogen (secondary N) is 1. The van der Waals surface area contributed by atoms with Gasteiger partial charge in [0.15, 0.2) is 0 Å². The first kappa shape index (κ1) is 17.2. The van der Waals surface area contributed by atoms with Crippen LogP contribution in [-0.2, 0) is 0 Å². The number of benzene rings is 1. The van der Waals surface area contributed by atoms with E-state index < -0.39 is 5.60 Å². The summed E-state index contributed by atoms with van der Waals surface area (Å²) in [5.41, 5.74) is 3.55. The summed E-state index contributed by atoms with van der Waals surface area (Å²) in [5.74, 6) is 0.908. The first-order valence-corrected chi connectivity index (χ1v) is 9.15. The number of hydrogen-bond acceptors (Lipinski definition) is 3. The number of ether oxygens (including phenoxy) is 1. The number of allylic oxidation sites excluding steroid dienone is 3. The summed E-state index contributed by atoms with van der Waals surface area (Å²) in [7, 11) is 1.71. The average molecular weight is 327 g/mol. The van der Waals surface area contributed by atoms with E-state index in [-0.39, 0.29) is 0 Å². The maximum absolute atomic E-state index is 10.5. The quantitative estimate of drug-likeness (QED) is 0.827. The van der Waals surface area contributed by atoms with Crippen LogP contribution in [-0.4, -0.2) is 30.9 Å². The molecule has 2 aliphatic rings. The monoisotopic (exact) mass is 327 g/mol. The van der Waals surface area contributed by atoms with Gasteiger partial charge >= 0.3 is 0 Å². The Hall–Kier alpha value is -1.58. The van der Waals surface area contributed by atoms with Gasteiger partial charge in [-0.15, -0.1) is 0 Å². The van der Waals surface area contributed by atoms with Gasteiger partial charge in [-0.1, -0.05) is 49.1 Å². The molecule has 0 radical (unpaired) electrons. The van der Waals surface area contributed by atoms with Gasteiger partial charge in [-0.2, -0.15) is 0 Å². The zero-order valence-corrected chi connectivity index (χ0v) is 14.7. The molecular formula is C21H29NO2. The van der Waals surface area contributed by atoms with Crippen molar-refractivity contribution >= 4 is 5.57 Å². The van der Waals surface area contributed by atoms with E-state index >= 15 is 0 Å². The molecule has 3 rings (SSSR count). The minimum Gasteiger partial charge on any atom is -0.497 e. The van der Waals surface area contributed by atoms with Crippen LogP contribution in [0.2, 0.25) is 0 Å². The second kappa shape index (κ2) is 8.00. The molecule has 0 aliphatic heterocycles. The third-order valence-corrected chi connectivity index (χ3v) is 5.27. The van der Waals surface area contributed by atoms with E-state index in [1.165, 1.54) is 23.1 Å². The molecule has 0 heterocycles. The lowest BCUT2D eigenvalue weighted by molar-refractivity contribution is 0.00559.